The van der Waals surface area contributed by atoms with Crippen LogP contribution >= 0.6 is 24.2 Å². The standard InChI is InChI=1S/C18H20N2O3S.ClH/c1-24-17-11-16-15(22-7-8-23-16)10-14(17)20-18(21)9-13(19)12-5-3-2-4-6-12;/h2-6,10-11,13H,7-9,19H2,1H3,(H,20,21);1H. The first-order valence-electron chi connectivity index (χ1n) is 7.75. The van der Waals surface area contributed by atoms with E-state index in [0.717, 1.165) is 16.1 Å². The Labute approximate surface area is 157 Å². The summed E-state index contributed by atoms with van der Waals surface area (Å²) >= 11 is 1.54. The summed E-state index contributed by atoms with van der Waals surface area (Å²) in [7, 11) is 0. The molecule has 3 N–H and O–H groups in total. The number of amides is 1. The van der Waals surface area contributed by atoms with Gasteiger partial charge >= 0.3 is 0 Å². The van der Waals surface area contributed by atoms with E-state index in [4.69, 9.17) is 15.2 Å². The molecule has 1 atom stereocenters. The van der Waals surface area contributed by atoms with Crippen LogP contribution in [0.5, 0.6) is 11.5 Å². The fourth-order valence-corrected chi connectivity index (χ4v) is 3.11. The van der Waals surface area contributed by atoms with Crippen LogP contribution in [-0.4, -0.2) is 25.4 Å². The van der Waals surface area contributed by atoms with E-state index in [9.17, 15) is 4.79 Å². The number of halogens is 1. The van der Waals surface area contributed by atoms with Gasteiger partial charge in [0, 0.05) is 23.4 Å². The largest absolute Gasteiger partial charge is 0.486 e. The van der Waals surface area contributed by atoms with Crippen LogP contribution in [0.3, 0.4) is 0 Å². The molecular weight excluding hydrogens is 360 g/mol. The summed E-state index contributed by atoms with van der Waals surface area (Å²) < 4.78 is 11.2. The predicted molar refractivity (Wildman–Crippen MR) is 103 cm³/mol. The molecule has 0 aromatic heterocycles. The molecule has 2 aromatic rings. The number of benzene rings is 2. The molecule has 3 rings (SSSR count). The van der Waals surface area contributed by atoms with E-state index in [1.807, 2.05) is 48.7 Å². The maximum Gasteiger partial charge on any atom is 0.226 e. The van der Waals surface area contributed by atoms with Crippen molar-refractivity contribution in [3.05, 3.63) is 48.0 Å². The lowest BCUT2D eigenvalue weighted by atomic mass is 10.0. The van der Waals surface area contributed by atoms with Gasteiger partial charge in [-0.15, -0.1) is 24.2 Å². The molecule has 7 heteroatoms. The lowest BCUT2D eigenvalue weighted by molar-refractivity contribution is -0.116. The molecule has 0 radical (unpaired) electrons. The van der Waals surface area contributed by atoms with Gasteiger partial charge < -0.3 is 20.5 Å². The Morgan fingerprint density at radius 1 is 1.20 bits per heavy atom. The number of hydrogen-bond acceptors (Lipinski definition) is 5. The van der Waals surface area contributed by atoms with Gasteiger partial charge in [0.1, 0.15) is 13.2 Å². The zero-order valence-corrected chi connectivity index (χ0v) is 15.5. The van der Waals surface area contributed by atoms with Crippen molar-refractivity contribution in [3.63, 3.8) is 0 Å². The molecule has 1 amide bonds. The van der Waals surface area contributed by atoms with Gasteiger partial charge in [0.05, 0.1) is 5.69 Å². The van der Waals surface area contributed by atoms with Crippen molar-refractivity contribution < 1.29 is 14.3 Å². The highest BCUT2D eigenvalue weighted by Crippen LogP contribution is 2.39. The van der Waals surface area contributed by atoms with Crippen molar-refractivity contribution in [2.24, 2.45) is 5.73 Å². The van der Waals surface area contributed by atoms with Gasteiger partial charge in [-0.25, -0.2) is 0 Å². The summed E-state index contributed by atoms with van der Waals surface area (Å²) in [6.07, 6.45) is 2.17. The smallest absolute Gasteiger partial charge is 0.226 e. The van der Waals surface area contributed by atoms with Crippen LogP contribution in [0.2, 0.25) is 0 Å². The molecule has 0 saturated heterocycles. The molecule has 2 aromatic carbocycles. The molecule has 0 saturated carbocycles. The third-order valence-corrected chi connectivity index (χ3v) is 4.55. The van der Waals surface area contributed by atoms with E-state index in [1.165, 1.54) is 0 Å². The first kappa shape index (κ1) is 19.4. The van der Waals surface area contributed by atoms with E-state index in [0.29, 0.717) is 24.7 Å². The van der Waals surface area contributed by atoms with Crippen LogP contribution in [0.1, 0.15) is 18.0 Å². The zero-order chi connectivity index (χ0) is 16.9. The minimum absolute atomic E-state index is 0. The third-order valence-electron chi connectivity index (χ3n) is 3.77. The number of hydrogen-bond donors (Lipinski definition) is 2. The lowest BCUT2D eigenvalue weighted by Gasteiger charge is -2.21. The maximum atomic E-state index is 12.4. The van der Waals surface area contributed by atoms with Crippen LogP contribution in [0.15, 0.2) is 47.4 Å². The highest BCUT2D eigenvalue weighted by molar-refractivity contribution is 7.98. The number of nitrogens with two attached hydrogens (primary N) is 1. The molecule has 5 nitrogen and oxygen atoms in total. The Balaban J connectivity index is 0.00000225. The Morgan fingerprint density at radius 3 is 2.48 bits per heavy atom. The monoisotopic (exact) mass is 380 g/mol. The first-order chi connectivity index (χ1) is 11.7. The molecule has 1 aliphatic heterocycles. The van der Waals surface area contributed by atoms with Crippen LogP contribution in [-0.2, 0) is 4.79 Å². The summed E-state index contributed by atoms with van der Waals surface area (Å²) in [5, 5.41) is 2.94. The number of fused-ring (bicyclic) bond motifs is 1. The van der Waals surface area contributed by atoms with E-state index in [-0.39, 0.29) is 30.8 Å². The molecule has 0 bridgehead atoms. The molecule has 25 heavy (non-hydrogen) atoms. The Hall–Kier alpha value is -1.89. The minimum Gasteiger partial charge on any atom is -0.486 e. The Morgan fingerprint density at radius 2 is 1.84 bits per heavy atom. The maximum absolute atomic E-state index is 12.4. The molecule has 134 valence electrons. The zero-order valence-electron chi connectivity index (χ0n) is 13.9. The number of anilines is 1. The topological polar surface area (TPSA) is 73.6 Å². The summed E-state index contributed by atoms with van der Waals surface area (Å²) in [6, 6.07) is 13.0. The first-order valence-corrected chi connectivity index (χ1v) is 8.98. The van der Waals surface area contributed by atoms with Crippen molar-refractivity contribution in [1.82, 2.24) is 0 Å². The fourth-order valence-electron chi connectivity index (χ4n) is 2.56. The molecule has 1 unspecified atom stereocenters. The second-order valence-corrected chi connectivity index (χ2v) is 6.31. The predicted octanol–water partition coefficient (Wildman–Crippen LogP) is 3.63. The summed E-state index contributed by atoms with van der Waals surface area (Å²) in [5.41, 5.74) is 7.78. The average Bonchev–Trinajstić information content (AvgIpc) is 2.61. The number of carbonyl (C=O) groups excluding carboxylic acids is 1. The number of rotatable bonds is 5. The van der Waals surface area contributed by atoms with Gasteiger partial charge in [-0.2, -0.15) is 0 Å². The van der Waals surface area contributed by atoms with E-state index in [2.05, 4.69) is 5.32 Å². The highest BCUT2D eigenvalue weighted by Gasteiger charge is 2.18. The molecule has 0 fully saturated rings. The van der Waals surface area contributed by atoms with Crippen LogP contribution in [0.4, 0.5) is 5.69 Å². The van der Waals surface area contributed by atoms with Crippen LogP contribution in [0, 0.1) is 0 Å². The average molecular weight is 381 g/mol. The van der Waals surface area contributed by atoms with Crippen molar-refractivity contribution >= 4 is 35.8 Å². The van der Waals surface area contributed by atoms with Gasteiger partial charge in [-0.1, -0.05) is 30.3 Å². The molecule has 1 heterocycles. The SMILES string of the molecule is CSc1cc2c(cc1NC(=O)CC(N)c1ccccc1)OCCO2.Cl. The Kier molecular flexibility index (Phi) is 6.99. The van der Waals surface area contributed by atoms with Gasteiger partial charge in [0.15, 0.2) is 11.5 Å². The van der Waals surface area contributed by atoms with Gasteiger partial charge in [0.2, 0.25) is 5.91 Å². The van der Waals surface area contributed by atoms with Gasteiger partial charge in [-0.3, -0.25) is 4.79 Å². The number of nitrogens with one attached hydrogen (secondary N) is 1. The van der Waals surface area contributed by atoms with Crippen LogP contribution < -0.4 is 20.5 Å². The molecular formula is C18H21ClN2O3S. The van der Waals surface area contributed by atoms with Gasteiger partial charge in [0.25, 0.3) is 0 Å². The summed E-state index contributed by atoms with van der Waals surface area (Å²) in [5.74, 6) is 1.24. The van der Waals surface area contributed by atoms with E-state index in [1.54, 1.807) is 11.8 Å². The summed E-state index contributed by atoms with van der Waals surface area (Å²) in [6.45, 7) is 1.05. The second kappa shape index (κ2) is 8.99. The molecule has 0 spiro atoms. The minimum atomic E-state index is -0.332. The lowest BCUT2D eigenvalue weighted by Crippen LogP contribution is -2.21. The van der Waals surface area contributed by atoms with E-state index < -0.39 is 0 Å². The molecule has 1 aliphatic rings. The molecule has 0 aliphatic carbocycles. The number of ether oxygens (including phenoxy) is 2. The quantitative estimate of drug-likeness (QED) is 0.775. The van der Waals surface area contributed by atoms with Crippen molar-refractivity contribution in [3.8, 4) is 11.5 Å². The third kappa shape index (κ3) is 4.81. The number of thioether (sulfide) groups is 1. The van der Waals surface area contributed by atoms with Crippen molar-refractivity contribution in [2.75, 3.05) is 24.8 Å². The fraction of sp³-hybridized carbons (Fsp3) is 0.278. The van der Waals surface area contributed by atoms with Gasteiger partial charge in [-0.05, 0) is 17.9 Å². The van der Waals surface area contributed by atoms with Crippen molar-refractivity contribution in [2.45, 2.75) is 17.4 Å². The second-order valence-electron chi connectivity index (χ2n) is 5.47. The Bertz CT molecular complexity index is 728. The normalized spacial score (nSPS) is 13.5. The highest BCUT2D eigenvalue weighted by atomic mass is 35.5. The van der Waals surface area contributed by atoms with E-state index >= 15 is 0 Å². The van der Waals surface area contributed by atoms with Crippen molar-refractivity contribution in [1.29, 1.82) is 0 Å². The summed E-state index contributed by atoms with van der Waals surface area (Å²) in [4.78, 5) is 13.3. The number of carbonyl (C=O) groups is 1. The van der Waals surface area contributed by atoms with Crippen LogP contribution in [0.25, 0.3) is 0 Å².